The van der Waals surface area contributed by atoms with Gasteiger partial charge in [-0.25, -0.2) is 9.18 Å². The molecular weight excluding hydrogens is 1720 g/mol. The normalized spacial score (nSPS) is 29.4. The summed E-state index contributed by atoms with van der Waals surface area (Å²) in [6.07, 6.45) is -24.4. The van der Waals surface area contributed by atoms with Gasteiger partial charge in [-0.2, -0.15) is 0 Å². The van der Waals surface area contributed by atoms with Crippen molar-refractivity contribution < 1.29 is 142 Å². The summed E-state index contributed by atoms with van der Waals surface area (Å²) >= 11 is 14.5. The third-order valence-electron chi connectivity index (χ3n) is 22.5. The quantitative estimate of drug-likeness (QED) is 0.0484. The summed E-state index contributed by atoms with van der Waals surface area (Å²) in [4.78, 5) is 125. The van der Waals surface area contributed by atoms with Crippen LogP contribution in [0.25, 0.3) is 23.3 Å². The van der Waals surface area contributed by atoms with E-state index in [1.165, 1.54) is 45.2 Å². The van der Waals surface area contributed by atoms with E-state index >= 15 is 24.0 Å². The molecular formula is C86H96Cl2FN11O28. The number of likely N-dealkylation sites (N-methyl/N-ethyl adjacent to an activating group) is 1. The van der Waals surface area contributed by atoms with Gasteiger partial charge >= 0.3 is 5.97 Å². The van der Waals surface area contributed by atoms with Crippen LogP contribution in [0.15, 0.2) is 121 Å². The first-order valence-corrected chi connectivity index (χ1v) is 41.2. The molecule has 684 valence electrons. The fraction of sp³-hybridized carbons (Fsp3) is 0.407. The number of aliphatic hydroxyl groups is 8. The third kappa shape index (κ3) is 21.0. The van der Waals surface area contributed by atoms with E-state index in [1.807, 2.05) is 0 Å². The Hall–Kier alpha value is -11.4. The topological polar surface area (TPSA) is 614 Å². The van der Waals surface area contributed by atoms with Crippen LogP contribution in [0, 0.1) is 11.7 Å². The summed E-state index contributed by atoms with van der Waals surface area (Å²) in [7, 11) is 1.46. The zero-order valence-electron chi connectivity index (χ0n) is 68.9. The number of nitrogens with two attached hydrogens (primary N) is 2. The predicted octanol–water partition coefficient (Wildman–Crippen LogP) is 1.43. The van der Waals surface area contributed by atoms with Gasteiger partial charge in [0.25, 0.3) is 0 Å². The molecule has 3 fully saturated rings. The van der Waals surface area contributed by atoms with Crippen molar-refractivity contribution in [2.75, 3.05) is 20.2 Å². The number of aromatic nitrogens is 1. The molecule has 9 heterocycles. The fourth-order valence-electron chi connectivity index (χ4n) is 15.8. The Labute approximate surface area is 738 Å². The molecule has 15 rings (SSSR count). The number of aliphatic hydroxyl groups excluding tert-OH is 8. The first-order chi connectivity index (χ1) is 60.8. The van der Waals surface area contributed by atoms with E-state index < -0.39 is 290 Å². The maximum Gasteiger partial charge on any atom is 0.330 e. The second-order valence-electron chi connectivity index (χ2n) is 32.4. The number of aliphatic carboxylic acids is 1. The number of fused-ring (bicyclic) bond motifs is 15. The molecule has 0 spiro atoms. The first kappa shape index (κ1) is 94.3. The first-order valence-electron chi connectivity index (χ1n) is 40.5. The molecule has 0 saturated carbocycles. The highest BCUT2D eigenvalue weighted by atomic mass is 35.5. The Kier molecular flexibility index (Phi) is 29.2. The fourth-order valence-corrected chi connectivity index (χ4v) is 16.2. The number of primary amides is 1. The van der Waals surface area contributed by atoms with E-state index in [2.05, 4.69) is 47.5 Å². The summed E-state index contributed by atoms with van der Waals surface area (Å²) in [6.45, 7) is 5.29. The zero-order valence-corrected chi connectivity index (χ0v) is 70.4. The van der Waals surface area contributed by atoms with Crippen molar-refractivity contribution in [3.63, 3.8) is 0 Å². The number of nitrogens with zero attached hydrogens (tertiary/aromatic N) is 1. The zero-order chi connectivity index (χ0) is 92.3. The maximum absolute atomic E-state index is 16.4. The number of hydrogen-bond acceptors (Lipinski definition) is 31. The van der Waals surface area contributed by atoms with Gasteiger partial charge < -0.3 is 153 Å². The molecule has 6 aromatic carbocycles. The Morgan fingerprint density at radius 1 is 0.680 bits per heavy atom. The molecule has 11 bridgehead atoms. The number of nitrogens with one attached hydrogen (secondary N) is 8. The summed E-state index contributed by atoms with van der Waals surface area (Å²) < 4.78 is 64.7. The van der Waals surface area contributed by atoms with Crippen molar-refractivity contribution in [1.82, 2.24) is 47.5 Å². The van der Waals surface area contributed by atoms with Gasteiger partial charge in [0.15, 0.2) is 30.1 Å². The number of carboxylic acid groups (broad SMARTS) is 1. The Balaban J connectivity index is 0.948. The average molecular weight is 1820 g/mol. The van der Waals surface area contributed by atoms with Gasteiger partial charge in [-0.15, -0.1) is 0 Å². The minimum atomic E-state index is -2.43. The van der Waals surface area contributed by atoms with Gasteiger partial charge in [0.05, 0.1) is 47.0 Å². The van der Waals surface area contributed by atoms with Gasteiger partial charge in [0, 0.05) is 54.0 Å². The molecule has 0 aliphatic carbocycles. The number of halogens is 3. The standard InChI is InChI=1S/C86H96Cl2FN11O28/c1-34(2)20-49(92-5)77(113)99-65-67(106)39-11-18-53(47(87)22-39)122-55-24-41-25-56(74(55)127-85-72(111)70(109)75(58(33-101)125-85)128-84-71(110)69(108)68(107)57(124-84)32-93-30-37-9-16-43(94-31-37)15-8-36-6-13-42(89)14-7-36)123-54-19-12-40(23-48(54)88)73(126-60-29-86(4,91)76(112)35(3)121-60)66-82(118)98-64(83(119)120)46-26-44(102)27-52(104)61(46)45-21-38(10-17-51(45)103)62(79(115)100-66)97-80(116)63(41)96-78(114)50(28-59(90)105)95-81(65)117/h6-19,21-27,31,34-35,49-50,57-58,60,62-73,75-76,84-85,92-93,101-104,106-112H,20,28-30,32-33,91H2,1-5H3,(H2,90,105)(H,95,117)(H,96,114)(H,97,116)(H,98,118)(H,99,113)(H,100,115)(H,119,120)/t35-,49+,50-,57+,58+,60-,62+,63+,64+,65?,66-,67+,68-,69-,70+,71+,72+,73+,75+,76-,84-,85-,86-/m0/s1. The number of carbonyl (C=O) groups excluding carboxylic acids is 7. The summed E-state index contributed by atoms with van der Waals surface area (Å²) in [5.41, 5.74) is 9.89. The molecule has 1 aromatic heterocycles. The van der Waals surface area contributed by atoms with Crippen LogP contribution in [-0.4, -0.2) is 243 Å². The number of benzene rings is 6. The minimum absolute atomic E-state index is 0.120. The highest BCUT2D eigenvalue weighted by Crippen LogP contribution is 2.50. The Morgan fingerprint density at radius 2 is 1.32 bits per heavy atom. The van der Waals surface area contributed by atoms with Crippen LogP contribution < -0.4 is 68.2 Å². The van der Waals surface area contributed by atoms with Gasteiger partial charge in [-0.05, 0) is 145 Å². The maximum atomic E-state index is 16.4. The number of aromatic hydroxyl groups is 3. The minimum Gasteiger partial charge on any atom is -0.508 e. The van der Waals surface area contributed by atoms with Crippen molar-refractivity contribution in [1.29, 1.82) is 0 Å². The third-order valence-corrected chi connectivity index (χ3v) is 23.1. The van der Waals surface area contributed by atoms with Crippen LogP contribution >= 0.6 is 23.2 Å². The molecule has 1 unspecified atom stereocenters. The number of phenolic OH excluding ortho intramolecular Hbond substituents is 3. The number of hydrogen-bond donors (Lipinski definition) is 22. The van der Waals surface area contributed by atoms with Crippen LogP contribution in [0.5, 0.6) is 46.0 Å². The lowest BCUT2D eigenvalue weighted by atomic mass is 9.86. The summed E-state index contributed by atoms with van der Waals surface area (Å²) in [5.74, 6) is -17.2. The summed E-state index contributed by atoms with van der Waals surface area (Å²) in [6, 6.07) is 8.16. The molecule has 7 amide bonds. The van der Waals surface area contributed by atoms with E-state index in [9.17, 15) is 80.1 Å². The van der Waals surface area contributed by atoms with Gasteiger partial charge in [-0.3, -0.25) is 38.5 Å². The predicted molar refractivity (Wildman–Crippen MR) is 446 cm³/mol. The lowest BCUT2D eigenvalue weighted by Crippen LogP contribution is -2.65. The molecule has 39 nitrogen and oxygen atoms in total. The van der Waals surface area contributed by atoms with Crippen LogP contribution in [0.3, 0.4) is 0 Å². The largest absolute Gasteiger partial charge is 0.508 e. The van der Waals surface area contributed by atoms with Crippen LogP contribution in [-0.2, 0) is 68.6 Å². The lowest BCUT2D eigenvalue weighted by Gasteiger charge is -2.46. The smallest absolute Gasteiger partial charge is 0.330 e. The number of amides is 7. The molecule has 8 aliphatic heterocycles. The van der Waals surface area contributed by atoms with E-state index in [1.54, 1.807) is 56.5 Å². The Morgan fingerprint density at radius 3 is 1.95 bits per heavy atom. The molecule has 0 radical (unpaired) electrons. The number of ether oxygens (including phenoxy) is 8. The van der Waals surface area contributed by atoms with Crippen molar-refractivity contribution in [2.45, 2.75) is 193 Å². The highest BCUT2D eigenvalue weighted by molar-refractivity contribution is 6.32. The van der Waals surface area contributed by atoms with Crippen LogP contribution in [0.2, 0.25) is 10.0 Å². The van der Waals surface area contributed by atoms with Crippen LogP contribution in [0.1, 0.15) is 122 Å². The molecule has 3 saturated heterocycles. The number of rotatable bonds is 21. The second kappa shape index (κ2) is 39.7. The van der Waals surface area contributed by atoms with Gasteiger partial charge in [0.2, 0.25) is 53.4 Å². The van der Waals surface area contributed by atoms with Gasteiger partial charge in [-0.1, -0.05) is 79.5 Å². The second-order valence-corrected chi connectivity index (χ2v) is 33.3. The highest BCUT2D eigenvalue weighted by Gasteiger charge is 2.53. The van der Waals surface area contributed by atoms with Crippen molar-refractivity contribution in [3.05, 3.63) is 182 Å². The molecule has 7 aromatic rings. The lowest BCUT2D eigenvalue weighted by molar-refractivity contribution is -0.350. The number of pyridine rings is 1. The van der Waals surface area contributed by atoms with Crippen molar-refractivity contribution in [2.24, 2.45) is 17.4 Å². The SMILES string of the molecule is CN[C@H](CC(C)C)C(=O)NC1C(=O)N[C@@H](CC(N)=O)C(=O)N[C@H]2C(=O)N[C@H]3C(=O)N[C@H](C(=O)N[C@@H](C(=O)O)c4cc(O)cc(O)c4-c4cc3ccc4O)[C@H](O[C@H]3C[C@](C)(N)[C@@H](O)[C@H](C)O3)c3ccc(c(Cl)c3)Oc3cc2cc(c3O[C@@H]2O[C@H](CO)[C@@H](O[C@@H]3O[C@H](CNCc4ccc(C=Cc5ccc(F)cc5)nc4)[C@H](O)[C@H](O)[C@H]3O)[C@H](O)[C@H]2O)Oc2ccc(cc2Cl)[C@H]1O. The van der Waals surface area contributed by atoms with Crippen molar-refractivity contribution in [3.8, 4) is 57.1 Å². The Bertz CT molecular complexity index is 5350. The average Bonchev–Trinajstić information content (AvgIpc) is 0.846. The molecule has 24 N–H and O–H groups in total. The van der Waals surface area contributed by atoms with Crippen LogP contribution in [0.4, 0.5) is 4.39 Å². The number of carboxylic acids is 1. The van der Waals surface area contributed by atoms with E-state index in [0.717, 1.165) is 72.3 Å². The number of phenols is 3. The molecule has 42 heteroatoms. The number of carbonyl (C=O) groups is 8. The molecule has 8 aliphatic rings. The van der Waals surface area contributed by atoms with E-state index in [4.69, 9.17) is 72.6 Å². The van der Waals surface area contributed by atoms with E-state index in [0.29, 0.717) is 11.3 Å². The molecule has 23 atom stereocenters. The van der Waals surface area contributed by atoms with Gasteiger partial charge in [0.1, 0.15) is 126 Å². The van der Waals surface area contributed by atoms with Crippen molar-refractivity contribution >= 4 is 82.7 Å². The summed E-state index contributed by atoms with van der Waals surface area (Å²) in [5, 5.41) is 159. The van der Waals surface area contributed by atoms with E-state index in [-0.39, 0.29) is 43.0 Å². The molecule has 128 heavy (non-hydrogen) atoms. The monoisotopic (exact) mass is 1820 g/mol.